The van der Waals surface area contributed by atoms with Crippen LogP contribution < -0.4 is 10.2 Å². The zero-order valence-corrected chi connectivity index (χ0v) is 16.7. The monoisotopic (exact) mass is 406 g/mol. The number of nitrogens with zero attached hydrogens (tertiary/aromatic N) is 1. The molecule has 5 heteroatoms. The van der Waals surface area contributed by atoms with Crippen LogP contribution in [0.15, 0.2) is 59.1 Å². The van der Waals surface area contributed by atoms with Gasteiger partial charge in [0.15, 0.2) is 5.11 Å². The van der Waals surface area contributed by atoms with E-state index in [-0.39, 0.29) is 0 Å². The fourth-order valence-corrected chi connectivity index (χ4v) is 3.12. The van der Waals surface area contributed by atoms with Crippen molar-refractivity contribution in [1.29, 1.82) is 0 Å². The predicted molar refractivity (Wildman–Crippen MR) is 110 cm³/mol. The Labute approximate surface area is 158 Å². The van der Waals surface area contributed by atoms with Gasteiger partial charge in [0.25, 0.3) is 0 Å². The van der Waals surface area contributed by atoms with Crippen LogP contribution in [0.5, 0.6) is 0 Å². The zero-order chi connectivity index (χ0) is 17.4. The van der Waals surface area contributed by atoms with Gasteiger partial charge >= 0.3 is 0 Å². The van der Waals surface area contributed by atoms with Crippen molar-refractivity contribution in [2.45, 2.75) is 13.0 Å². The Bertz CT molecular complexity index is 646. The number of quaternary nitrogens is 1. The first kappa shape index (κ1) is 18.9. The molecule has 0 aromatic heterocycles. The topological polar surface area (TPSA) is 19.7 Å². The molecule has 2 rings (SSSR count). The van der Waals surface area contributed by atoms with Crippen LogP contribution in [-0.2, 0) is 6.54 Å². The molecule has 24 heavy (non-hydrogen) atoms. The molecule has 128 valence electrons. The molecular formula is C19H25BrN3S+. The molecule has 0 heterocycles. The molecule has 2 aromatic carbocycles. The van der Waals surface area contributed by atoms with Crippen molar-refractivity contribution in [3.63, 3.8) is 0 Å². The lowest BCUT2D eigenvalue weighted by molar-refractivity contribution is -0.858. The lowest BCUT2D eigenvalue weighted by Crippen LogP contribution is -3.05. The molecule has 0 amide bonds. The Hall–Kier alpha value is -1.43. The van der Waals surface area contributed by atoms with Crippen LogP contribution >= 0.6 is 28.1 Å². The molecule has 0 unspecified atom stereocenters. The number of anilines is 1. The maximum atomic E-state index is 5.67. The average Bonchev–Trinajstić information content (AvgIpc) is 2.54. The van der Waals surface area contributed by atoms with E-state index in [1.807, 2.05) is 30.3 Å². The van der Waals surface area contributed by atoms with Gasteiger partial charge in [-0.05, 0) is 36.0 Å². The number of nitrogens with one attached hydrogen (secondary N) is 2. The van der Waals surface area contributed by atoms with Crippen molar-refractivity contribution in [3.8, 4) is 0 Å². The number of benzene rings is 2. The summed E-state index contributed by atoms with van der Waals surface area (Å²) in [4.78, 5) is 3.70. The lowest BCUT2D eigenvalue weighted by atomic mass is 10.2. The van der Waals surface area contributed by atoms with Crippen molar-refractivity contribution >= 4 is 38.9 Å². The van der Waals surface area contributed by atoms with Gasteiger partial charge in [0.05, 0.1) is 20.6 Å². The highest BCUT2D eigenvalue weighted by Crippen LogP contribution is 2.17. The molecule has 0 saturated heterocycles. The van der Waals surface area contributed by atoms with Gasteiger partial charge in [0, 0.05) is 29.7 Å². The smallest absolute Gasteiger partial charge is 0.173 e. The second-order valence-corrected chi connectivity index (χ2v) is 7.46. The zero-order valence-electron chi connectivity index (χ0n) is 14.3. The summed E-state index contributed by atoms with van der Waals surface area (Å²) in [7, 11) is 4.36. The Morgan fingerprint density at radius 2 is 1.88 bits per heavy atom. The number of rotatable bonds is 7. The number of hydrogen-bond donors (Lipinski definition) is 2. The van der Waals surface area contributed by atoms with Gasteiger partial charge in [0.2, 0.25) is 0 Å². The number of thiocarbonyl (C=S) groups is 1. The fraction of sp³-hybridized carbons (Fsp3) is 0.316. The van der Waals surface area contributed by atoms with Crippen LogP contribution in [0, 0.1) is 0 Å². The van der Waals surface area contributed by atoms with Crippen LogP contribution in [0.3, 0.4) is 0 Å². The third kappa shape index (κ3) is 6.59. The summed E-state index contributed by atoms with van der Waals surface area (Å²) in [6.07, 6.45) is 1.11. The van der Waals surface area contributed by atoms with Gasteiger partial charge in [-0.2, -0.15) is 0 Å². The van der Waals surface area contributed by atoms with Crippen LogP contribution in [0.1, 0.15) is 12.0 Å². The van der Waals surface area contributed by atoms with E-state index in [1.54, 1.807) is 0 Å². The Morgan fingerprint density at radius 3 is 2.54 bits per heavy atom. The second-order valence-electron chi connectivity index (χ2n) is 6.16. The van der Waals surface area contributed by atoms with Crippen molar-refractivity contribution < 1.29 is 4.90 Å². The molecule has 2 aromatic rings. The first-order chi connectivity index (χ1) is 11.5. The molecule has 0 aliphatic carbocycles. The molecular weight excluding hydrogens is 382 g/mol. The summed E-state index contributed by atoms with van der Waals surface area (Å²) in [5, 5.41) is 4.13. The van der Waals surface area contributed by atoms with E-state index in [4.69, 9.17) is 12.2 Å². The van der Waals surface area contributed by atoms with E-state index < -0.39 is 0 Å². The second kappa shape index (κ2) is 9.77. The Morgan fingerprint density at radius 1 is 1.12 bits per heavy atom. The standard InChI is InChI=1S/C19H24BrN3S/c1-22(2)12-7-13-23(15-16-8-4-3-5-9-16)19(24)21-18-11-6-10-17(20)14-18/h3-6,8-11,14H,7,12-13,15H2,1-2H3,(H,21,24)/p+1. The highest BCUT2D eigenvalue weighted by molar-refractivity contribution is 9.10. The van der Waals surface area contributed by atoms with Gasteiger partial charge < -0.3 is 15.1 Å². The number of halogens is 1. The molecule has 0 aliphatic rings. The van der Waals surface area contributed by atoms with Gasteiger partial charge in [-0.25, -0.2) is 0 Å². The van der Waals surface area contributed by atoms with Crippen LogP contribution in [0.4, 0.5) is 5.69 Å². The summed E-state index contributed by atoms with van der Waals surface area (Å²) in [6.45, 7) is 2.90. The third-order valence-electron chi connectivity index (χ3n) is 3.68. The molecule has 0 radical (unpaired) electrons. The van der Waals surface area contributed by atoms with E-state index in [0.29, 0.717) is 0 Å². The summed E-state index contributed by atoms with van der Waals surface area (Å²) >= 11 is 9.17. The first-order valence-electron chi connectivity index (χ1n) is 8.19. The maximum Gasteiger partial charge on any atom is 0.173 e. The molecule has 3 nitrogen and oxygen atoms in total. The summed E-state index contributed by atoms with van der Waals surface area (Å²) in [6, 6.07) is 18.6. The van der Waals surface area contributed by atoms with E-state index in [9.17, 15) is 0 Å². The summed E-state index contributed by atoms with van der Waals surface area (Å²) in [5.74, 6) is 0. The van der Waals surface area contributed by atoms with Crippen LogP contribution in [-0.4, -0.2) is 37.2 Å². The van der Waals surface area contributed by atoms with E-state index in [0.717, 1.165) is 41.3 Å². The molecule has 0 fully saturated rings. The lowest BCUT2D eigenvalue weighted by Gasteiger charge is -2.26. The van der Waals surface area contributed by atoms with Crippen molar-refractivity contribution in [1.82, 2.24) is 4.90 Å². The van der Waals surface area contributed by atoms with E-state index >= 15 is 0 Å². The highest BCUT2D eigenvalue weighted by atomic mass is 79.9. The van der Waals surface area contributed by atoms with E-state index in [2.05, 4.69) is 64.5 Å². The van der Waals surface area contributed by atoms with Gasteiger partial charge in [-0.1, -0.05) is 52.3 Å². The fourth-order valence-electron chi connectivity index (χ4n) is 2.45. The first-order valence-corrected chi connectivity index (χ1v) is 9.39. The van der Waals surface area contributed by atoms with Crippen LogP contribution in [0.2, 0.25) is 0 Å². The largest absolute Gasteiger partial charge is 0.344 e. The van der Waals surface area contributed by atoms with E-state index in [1.165, 1.54) is 10.5 Å². The van der Waals surface area contributed by atoms with Crippen molar-refractivity contribution in [3.05, 3.63) is 64.6 Å². The van der Waals surface area contributed by atoms with Gasteiger partial charge in [-0.3, -0.25) is 0 Å². The SMILES string of the molecule is C[NH+](C)CCCN(Cc1ccccc1)C(=S)Nc1cccc(Br)c1. The normalized spacial score (nSPS) is 10.7. The van der Waals surface area contributed by atoms with Gasteiger partial charge in [0.1, 0.15) is 0 Å². The quantitative estimate of drug-likeness (QED) is 0.688. The molecule has 0 spiro atoms. The molecule has 0 saturated carbocycles. The number of hydrogen-bond acceptors (Lipinski definition) is 1. The molecule has 0 bridgehead atoms. The summed E-state index contributed by atoms with van der Waals surface area (Å²) in [5.41, 5.74) is 2.28. The van der Waals surface area contributed by atoms with Crippen LogP contribution in [0.25, 0.3) is 0 Å². The minimum atomic E-state index is 0.769. The molecule has 2 N–H and O–H groups in total. The predicted octanol–water partition coefficient (Wildman–Crippen LogP) is 3.18. The minimum absolute atomic E-state index is 0.769. The molecule has 0 aliphatic heterocycles. The molecule has 0 atom stereocenters. The summed E-state index contributed by atoms with van der Waals surface area (Å²) < 4.78 is 1.04. The third-order valence-corrected chi connectivity index (χ3v) is 4.54. The van der Waals surface area contributed by atoms with Gasteiger partial charge in [-0.15, -0.1) is 0 Å². The minimum Gasteiger partial charge on any atom is -0.344 e. The maximum absolute atomic E-state index is 5.67. The van der Waals surface area contributed by atoms with Crippen molar-refractivity contribution in [2.24, 2.45) is 0 Å². The van der Waals surface area contributed by atoms with Crippen molar-refractivity contribution in [2.75, 3.05) is 32.5 Å². The Kier molecular flexibility index (Phi) is 7.69. The Balaban J connectivity index is 2.03. The highest BCUT2D eigenvalue weighted by Gasteiger charge is 2.11. The average molecular weight is 407 g/mol.